The molecule has 1 aromatic rings. The van der Waals surface area contributed by atoms with E-state index in [-0.39, 0.29) is 0 Å². The Kier molecular flexibility index (Phi) is 2.78. The highest BCUT2D eigenvalue weighted by Gasteiger charge is 2.03. The summed E-state index contributed by atoms with van der Waals surface area (Å²) in [4.78, 5) is 0.921. The predicted octanol–water partition coefficient (Wildman–Crippen LogP) is 1.81. The van der Waals surface area contributed by atoms with E-state index in [4.69, 9.17) is 0 Å². The Morgan fingerprint density at radius 2 is 1.90 bits per heavy atom. The summed E-state index contributed by atoms with van der Waals surface area (Å²) in [5.41, 5.74) is 0. The highest BCUT2D eigenvalue weighted by Crippen LogP contribution is 2.08. The van der Waals surface area contributed by atoms with Crippen molar-refractivity contribution in [1.29, 1.82) is 0 Å². The van der Waals surface area contributed by atoms with Crippen LogP contribution < -0.4 is 0 Å². The Bertz CT molecular complexity index is 186. The molecule has 0 heterocycles. The Balaban J connectivity index is 2.75. The van der Waals surface area contributed by atoms with Crippen LogP contribution in [0.2, 0.25) is 0 Å². The smallest absolute Gasteiger partial charge is 0.152 e. The van der Waals surface area contributed by atoms with Crippen LogP contribution >= 0.6 is 0 Å². The van der Waals surface area contributed by atoms with Crippen LogP contribution in [-0.4, -0.2) is 10.3 Å². The molecule has 0 aliphatic rings. The molecule has 54 valence electrons. The fourth-order valence-corrected chi connectivity index (χ4v) is 1.53. The number of benzene rings is 1. The zero-order chi connectivity index (χ0) is 7.40. The fraction of sp³-hybridized carbons (Fsp3) is 0.250. The van der Waals surface area contributed by atoms with Crippen molar-refractivity contribution in [3.05, 3.63) is 30.3 Å². The molecule has 0 radical (unpaired) electrons. The molecule has 0 fully saturated rings. The van der Waals surface area contributed by atoms with Gasteiger partial charge in [-0.05, 0) is 30.2 Å². The summed E-state index contributed by atoms with van der Waals surface area (Å²) in [6.07, 6.45) is 0. The molecule has 1 nitrogen and oxygen atoms in total. The van der Waals surface area contributed by atoms with Gasteiger partial charge < -0.3 is 4.55 Å². The molecule has 0 unspecified atom stereocenters. The molecular formula is C8H10OS. The van der Waals surface area contributed by atoms with Crippen LogP contribution in [0.25, 0.3) is 0 Å². The van der Waals surface area contributed by atoms with Crippen molar-refractivity contribution in [1.82, 2.24) is 0 Å². The third-order valence-electron chi connectivity index (χ3n) is 1.27. The van der Waals surface area contributed by atoms with Gasteiger partial charge in [-0.1, -0.05) is 18.2 Å². The summed E-state index contributed by atoms with van der Waals surface area (Å²) >= 11 is -0.790. The maximum absolute atomic E-state index is 11.1. The first-order chi connectivity index (χ1) is 4.84. The average Bonchev–Trinajstić information content (AvgIpc) is 2.05. The first-order valence-electron chi connectivity index (χ1n) is 3.28. The van der Waals surface area contributed by atoms with Crippen LogP contribution in [0.5, 0.6) is 0 Å². The van der Waals surface area contributed by atoms with Crippen LogP contribution in [0.15, 0.2) is 35.2 Å². The van der Waals surface area contributed by atoms with Gasteiger partial charge in [0.25, 0.3) is 0 Å². The molecule has 0 aliphatic heterocycles. The summed E-state index contributed by atoms with van der Waals surface area (Å²) in [6.45, 7) is 1.92. The molecule has 0 saturated heterocycles. The Labute approximate surface area is 64.3 Å². The zero-order valence-corrected chi connectivity index (χ0v) is 6.73. The third kappa shape index (κ3) is 1.75. The van der Waals surface area contributed by atoms with Crippen molar-refractivity contribution in [2.24, 2.45) is 0 Å². The molecule has 1 atom stereocenters. The lowest BCUT2D eigenvalue weighted by Crippen LogP contribution is -2.02. The lowest BCUT2D eigenvalue weighted by molar-refractivity contribution is 0.596. The SMILES string of the molecule is CC[S@@+]([O-])c1ccccc1. The van der Waals surface area contributed by atoms with Gasteiger partial charge in [-0.25, -0.2) is 0 Å². The molecule has 0 spiro atoms. The number of hydrogen-bond acceptors (Lipinski definition) is 1. The average molecular weight is 154 g/mol. The van der Waals surface area contributed by atoms with Crippen LogP contribution in [0.4, 0.5) is 0 Å². The largest absolute Gasteiger partial charge is 0.611 e. The van der Waals surface area contributed by atoms with Gasteiger partial charge in [-0.2, -0.15) is 0 Å². The van der Waals surface area contributed by atoms with Gasteiger partial charge in [0.15, 0.2) is 4.90 Å². The van der Waals surface area contributed by atoms with Gasteiger partial charge in [-0.15, -0.1) is 0 Å². The lowest BCUT2D eigenvalue weighted by atomic mass is 10.4. The molecule has 0 aromatic heterocycles. The first kappa shape index (κ1) is 7.63. The van der Waals surface area contributed by atoms with E-state index in [1.54, 1.807) is 0 Å². The minimum absolute atomic E-state index is 0.698. The topological polar surface area (TPSA) is 23.1 Å². The predicted molar refractivity (Wildman–Crippen MR) is 43.4 cm³/mol. The van der Waals surface area contributed by atoms with Gasteiger partial charge >= 0.3 is 0 Å². The van der Waals surface area contributed by atoms with Gasteiger partial charge in [0.05, 0.1) is 0 Å². The van der Waals surface area contributed by atoms with Gasteiger partial charge in [0.1, 0.15) is 5.75 Å². The quantitative estimate of drug-likeness (QED) is 0.596. The molecule has 10 heavy (non-hydrogen) atoms. The zero-order valence-electron chi connectivity index (χ0n) is 5.91. The van der Waals surface area contributed by atoms with Crippen LogP contribution in [0, 0.1) is 0 Å². The summed E-state index contributed by atoms with van der Waals surface area (Å²) in [7, 11) is 0. The highest BCUT2D eigenvalue weighted by molar-refractivity contribution is 7.91. The first-order valence-corrected chi connectivity index (χ1v) is 4.60. The van der Waals surface area contributed by atoms with Gasteiger partial charge in [0, 0.05) is 0 Å². The highest BCUT2D eigenvalue weighted by atomic mass is 32.2. The standard InChI is InChI=1S/C8H10OS/c1-2-10(9)8-6-4-3-5-7-8/h3-7H,2H2,1H3/t10-/m1/s1. The van der Waals surface area contributed by atoms with E-state index in [0.717, 1.165) is 4.90 Å². The summed E-state index contributed by atoms with van der Waals surface area (Å²) in [6, 6.07) is 9.52. The second kappa shape index (κ2) is 3.64. The van der Waals surface area contributed by atoms with Gasteiger partial charge in [0.2, 0.25) is 0 Å². The summed E-state index contributed by atoms with van der Waals surface area (Å²) in [5, 5.41) is 0. The monoisotopic (exact) mass is 154 g/mol. The maximum Gasteiger partial charge on any atom is 0.152 e. The molecule has 0 bridgehead atoms. The second-order valence-electron chi connectivity index (χ2n) is 1.95. The second-order valence-corrected chi connectivity index (χ2v) is 3.69. The molecule has 1 aromatic carbocycles. The van der Waals surface area contributed by atoms with E-state index in [2.05, 4.69) is 0 Å². The van der Waals surface area contributed by atoms with E-state index >= 15 is 0 Å². The minimum Gasteiger partial charge on any atom is -0.611 e. The normalized spacial score (nSPS) is 13.0. The van der Waals surface area contributed by atoms with E-state index in [9.17, 15) is 4.55 Å². The van der Waals surface area contributed by atoms with E-state index < -0.39 is 11.2 Å². The molecule has 2 heteroatoms. The van der Waals surface area contributed by atoms with E-state index in [1.165, 1.54) is 0 Å². The molecule has 1 rings (SSSR count). The Morgan fingerprint density at radius 3 is 2.40 bits per heavy atom. The molecule has 0 saturated carbocycles. The molecule has 0 N–H and O–H groups in total. The lowest BCUT2D eigenvalue weighted by Gasteiger charge is -2.05. The number of rotatable bonds is 2. The van der Waals surface area contributed by atoms with Crippen molar-refractivity contribution < 1.29 is 4.55 Å². The molecule has 0 amide bonds. The maximum atomic E-state index is 11.1. The van der Waals surface area contributed by atoms with Crippen molar-refractivity contribution >= 4 is 11.2 Å². The van der Waals surface area contributed by atoms with Crippen LogP contribution in [0.3, 0.4) is 0 Å². The molecule has 0 aliphatic carbocycles. The third-order valence-corrected chi connectivity index (χ3v) is 2.59. The van der Waals surface area contributed by atoms with Crippen molar-refractivity contribution in [2.75, 3.05) is 5.75 Å². The van der Waals surface area contributed by atoms with Crippen LogP contribution in [-0.2, 0) is 11.2 Å². The van der Waals surface area contributed by atoms with Gasteiger partial charge in [-0.3, -0.25) is 0 Å². The Morgan fingerprint density at radius 1 is 1.30 bits per heavy atom. The van der Waals surface area contributed by atoms with Crippen molar-refractivity contribution in [2.45, 2.75) is 11.8 Å². The van der Waals surface area contributed by atoms with E-state index in [1.807, 2.05) is 37.3 Å². The number of hydrogen-bond donors (Lipinski definition) is 0. The molecular weight excluding hydrogens is 144 g/mol. The summed E-state index contributed by atoms with van der Waals surface area (Å²) < 4.78 is 11.1. The van der Waals surface area contributed by atoms with Crippen molar-refractivity contribution in [3.63, 3.8) is 0 Å². The summed E-state index contributed by atoms with van der Waals surface area (Å²) in [5.74, 6) is 0.698. The van der Waals surface area contributed by atoms with Crippen LogP contribution in [0.1, 0.15) is 6.92 Å². The fourth-order valence-electron chi connectivity index (χ4n) is 0.739. The minimum atomic E-state index is -0.790. The van der Waals surface area contributed by atoms with E-state index in [0.29, 0.717) is 5.75 Å². The Hall–Kier alpha value is -0.470. The van der Waals surface area contributed by atoms with Crippen molar-refractivity contribution in [3.8, 4) is 0 Å².